The van der Waals surface area contributed by atoms with Gasteiger partial charge in [-0.25, -0.2) is 9.18 Å². The van der Waals surface area contributed by atoms with Crippen molar-refractivity contribution in [1.82, 2.24) is 0 Å². The minimum Gasteiger partial charge on any atom is -0.479 e. The molecular weight excluding hydrogens is 295 g/mol. The number of rotatable bonds is 4. The summed E-state index contributed by atoms with van der Waals surface area (Å²) in [6.07, 6.45) is 0.133. The van der Waals surface area contributed by atoms with Crippen LogP contribution in [-0.4, -0.2) is 34.8 Å². The predicted molar refractivity (Wildman–Crippen MR) is 67.5 cm³/mol. The third-order valence-electron chi connectivity index (χ3n) is 3.04. The van der Waals surface area contributed by atoms with Gasteiger partial charge in [-0.15, -0.1) is 0 Å². The number of nitro groups is 1. The molecule has 7 nitrogen and oxygen atoms in total. The van der Waals surface area contributed by atoms with Gasteiger partial charge in [0.15, 0.2) is 5.54 Å². The number of nitrogens with one attached hydrogen (secondary N) is 1. The number of carboxylic acid groups (broad SMARTS) is 1. The summed E-state index contributed by atoms with van der Waals surface area (Å²) in [6, 6.07) is 1.65. The molecule has 2 rings (SSSR count). The van der Waals surface area contributed by atoms with Gasteiger partial charge in [-0.3, -0.25) is 10.1 Å². The molecule has 0 radical (unpaired) electrons. The van der Waals surface area contributed by atoms with Crippen LogP contribution in [0.1, 0.15) is 6.42 Å². The highest BCUT2D eigenvalue weighted by Crippen LogP contribution is 2.34. The molecule has 20 heavy (non-hydrogen) atoms. The van der Waals surface area contributed by atoms with Crippen molar-refractivity contribution in [3.05, 3.63) is 33.1 Å². The Kier molecular flexibility index (Phi) is 3.78. The summed E-state index contributed by atoms with van der Waals surface area (Å²) in [5.74, 6) is -2.15. The molecule has 0 aromatic heterocycles. The molecule has 1 heterocycles. The third kappa shape index (κ3) is 2.52. The SMILES string of the molecule is O=C(O)C1(Nc2cc(Cl)c(F)cc2[N+](=O)[O-])CCOC1. The van der Waals surface area contributed by atoms with Crippen LogP contribution in [0.5, 0.6) is 0 Å². The van der Waals surface area contributed by atoms with Gasteiger partial charge in [0.05, 0.1) is 22.6 Å². The number of halogens is 2. The fourth-order valence-corrected chi connectivity index (χ4v) is 2.09. The Hall–Kier alpha value is -1.93. The molecule has 1 atom stereocenters. The van der Waals surface area contributed by atoms with E-state index in [4.69, 9.17) is 16.3 Å². The molecule has 0 bridgehead atoms. The largest absolute Gasteiger partial charge is 0.479 e. The molecule has 1 aromatic carbocycles. The molecule has 9 heteroatoms. The van der Waals surface area contributed by atoms with E-state index >= 15 is 0 Å². The Bertz CT molecular complexity index is 574. The first-order valence-electron chi connectivity index (χ1n) is 5.58. The smallest absolute Gasteiger partial charge is 0.331 e. The Balaban J connectivity index is 2.44. The van der Waals surface area contributed by atoms with E-state index in [1.165, 1.54) is 0 Å². The van der Waals surface area contributed by atoms with E-state index in [1.54, 1.807) is 0 Å². The summed E-state index contributed by atoms with van der Waals surface area (Å²) >= 11 is 5.58. The van der Waals surface area contributed by atoms with Gasteiger partial charge >= 0.3 is 5.97 Å². The lowest BCUT2D eigenvalue weighted by atomic mass is 9.98. The average molecular weight is 305 g/mol. The number of aliphatic carboxylic acids is 1. The van der Waals surface area contributed by atoms with Crippen LogP contribution in [0.4, 0.5) is 15.8 Å². The van der Waals surface area contributed by atoms with E-state index in [9.17, 15) is 24.4 Å². The van der Waals surface area contributed by atoms with Crippen LogP contribution in [0.2, 0.25) is 5.02 Å². The van der Waals surface area contributed by atoms with Gasteiger partial charge in [0.1, 0.15) is 11.5 Å². The quantitative estimate of drug-likeness (QED) is 0.652. The Morgan fingerprint density at radius 3 is 2.80 bits per heavy atom. The van der Waals surface area contributed by atoms with Crippen molar-refractivity contribution in [2.45, 2.75) is 12.0 Å². The summed E-state index contributed by atoms with van der Waals surface area (Å²) in [5, 5.41) is 22.4. The summed E-state index contributed by atoms with van der Waals surface area (Å²) in [5.41, 5.74) is -2.22. The average Bonchev–Trinajstić information content (AvgIpc) is 2.83. The fourth-order valence-electron chi connectivity index (χ4n) is 1.93. The maximum Gasteiger partial charge on any atom is 0.331 e. The van der Waals surface area contributed by atoms with Gasteiger partial charge in [0, 0.05) is 13.0 Å². The fraction of sp³-hybridized carbons (Fsp3) is 0.364. The first-order chi connectivity index (χ1) is 9.35. The van der Waals surface area contributed by atoms with Crippen LogP contribution in [0.15, 0.2) is 12.1 Å². The molecule has 0 spiro atoms. The van der Waals surface area contributed by atoms with E-state index in [2.05, 4.69) is 5.32 Å². The molecular formula is C11H10ClFN2O5. The van der Waals surface area contributed by atoms with Crippen molar-refractivity contribution in [3.8, 4) is 0 Å². The molecule has 1 aliphatic rings. The molecule has 1 saturated heterocycles. The lowest BCUT2D eigenvalue weighted by Gasteiger charge is -2.24. The second-order valence-corrected chi connectivity index (χ2v) is 4.76. The molecule has 0 saturated carbocycles. The summed E-state index contributed by atoms with van der Waals surface area (Å²) in [6.45, 7) is 0.0660. The zero-order valence-corrected chi connectivity index (χ0v) is 10.8. The normalized spacial score (nSPS) is 21.7. The third-order valence-corrected chi connectivity index (χ3v) is 3.33. The van der Waals surface area contributed by atoms with Crippen molar-refractivity contribution < 1.29 is 24.0 Å². The van der Waals surface area contributed by atoms with Gasteiger partial charge in [0.25, 0.3) is 5.69 Å². The van der Waals surface area contributed by atoms with E-state index in [1.807, 2.05) is 0 Å². The van der Waals surface area contributed by atoms with E-state index in [0.717, 1.165) is 6.07 Å². The minimum atomic E-state index is -1.48. The summed E-state index contributed by atoms with van der Waals surface area (Å²) in [7, 11) is 0. The highest BCUT2D eigenvalue weighted by Gasteiger charge is 2.43. The number of nitro benzene ring substituents is 1. The van der Waals surface area contributed by atoms with Crippen LogP contribution in [0.25, 0.3) is 0 Å². The van der Waals surface area contributed by atoms with Gasteiger partial charge in [-0.2, -0.15) is 0 Å². The zero-order chi connectivity index (χ0) is 14.9. The number of carbonyl (C=O) groups is 1. The lowest BCUT2D eigenvalue weighted by Crippen LogP contribution is -2.47. The van der Waals surface area contributed by atoms with Gasteiger partial charge < -0.3 is 15.2 Å². The molecule has 1 aromatic rings. The molecule has 0 aliphatic carbocycles. The van der Waals surface area contributed by atoms with Crippen molar-refractivity contribution in [2.24, 2.45) is 0 Å². The van der Waals surface area contributed by atoms with E-state index in [0.29, 0.717) is 6.07 Å². The Morgan fingerprint density at radius 2 is 2.30 bits per heavy atom. The number of ether oxygens (including phenoxy) is 1. The summed E-state index contributed by atoms with van der Waals surface area (Å²) in [4.78, 5) is 21.4. The standard InChI is InChI=1S/C11H10ClFN2O5/c12-6-3-8(9(15(18)19)4-7(6)13)14-11(10(16)17)1-2-20-5-11/h3-4,14H,1-2,5H2,(H,16,17). The molecule has 2 N–H and O–H groups in total. The maximum absolute atomic E-state index is 13.3. The maximum atomic E-state index is 13.3. The number of hydrogen-bond donors (Lipinski definition) is 2. The highest BCUT2D eigenvalue weighted by atomic mass is 35.5. The lowest BCUT2D eigenvalue weighted by molar-refractivity contribution is -0.384. The number of benzene rings is 1. The number of carboxylic acids is 1. The predicted octanol–water partition coefficient (Wildman–Crippen LogP) is 2.04. The molecule has 108 valence electrons. The van der Waals surface area contributed by atoms with Crippen LogP contribution < -0.4 is 5.32 Å². The topological polar surface area (TPSA) is 102 Å². The highest BCUT2D eigenvalue weighted by molar-refractivity contribution is 6.31. The summed E-state index contributed by atoms with van der Waals surface area (Å²) < 4.78 is 18.3. The molecule has 0 amide bonds. The monoisotopic (exact) mass is 304 g/mol. The zero-order valence-electron chi connectivity index (χ0n) is 10.1. The number of anilines is 1. The first-order valence-corrected chi connectivity index (χ1v) is 5.96. The van der Waals surface area contributed by atoms with E-state index in [-0.39, 0.29) is 30.3 Å². The van der Waals surface area contributed by atoms with Crippen molar-refractivity contribution >= 4 is 28.9 Å². The minimum absolute atomic E-state index is 0.133. The van der Waals surface area contributed by atoms with E-state index < -0.39 is 27.9 Å². The Labute approximate surface area is 117 Å². The second-order valence-electron chi connectivity index (χ2n) is 4.36. The van der Waals surface area contributed by atoms with Crippen molar-refractivity contribution in [1.29, 1.82) is 0 Å². The number of hydrogen-bond acceptors (Lipinski definition) is 5. The molecule has 1 aliphatic heterocycles. The van der Waals surface area contributed by atoms with Gasteiger partial charge in [-0.05, 0) is 6.07 Å². The Morgan fingerprint density at radius 1 is 1.60 bits per heavy atom. The molecule has 1 unspecified atom stereocenters. The van der Waals surface area contributed by atoms with Crippen LogP contribution in [-0.2, 0) is 9.53 Å². The van der Waals surface area contributed by atoms with Gasteiger partial charge in [0.2, 0.25) is 0 Å². The van der Waals surface area contributed by atoms with Crippen LogP contribution >= 0.6 is 11.6 Å². The molecule has 1 fully saturated rings. The number of nitrogens with zero attached hydrogens (tertiary/aromatic N) is 1. The van der Waals surface area contributed by atoms with Crippen molar-refractivity contribution in [2.75, 3.05) is 18.5 Å². The van der Waals surface area contributed by atoms with Gasteiger partial charge in [-0.1, -0.05) is 11.6 Å². The van der Waals surface area contributed by atoms with Crippen LogP contribution in [0.3, 0.4) is 0 Å². The second kappa shape index (κ2) is 5.22. The van der Waals surface area contributed by atoms with Crippen LogP contribution in [0, 0.1) is 15.9 Å². The first kappa shape index (κ1) is 14.5. The van der Waals surface area contributed by atoms with Crippen molar-refractivity contribution in [3.63, 3.8) is 0 Å².